The summed E-state index contributed by atoms with van der Waals surface area (Å²) in [7, 11) is 1.55. The van der Waals surface area contributed by atoms with E-state index in [9.17, 15) is 4.79 Å². The Hall–Kier alpha value is -2.44. The van der Waals surface area contributed by atoms with Crippen LogP contribution in [0.2, 0.25) is 0 Å². The van der Waals surface area contributed by atoms with Crippen LogP contribution in [-0.4, -0.2) is 38.7 Å². The van der Waals surface area contributed by atoms with Crippen molar-refractivity contribution in [2.75, 3.05) is 26.8 Å². The second-order valence-electron chi connectivity index (χ2n) is 4.60. The number of amides is 1. The van der Waals surface area contributed by atoms with E-state index >= 15 is 0 Å². The minimum atomic E-state index is -0.524. The number of nitrogens with two attached hydrogens (primary N) is 1. The van der Waals surface area contributed by atoms with Gasteiger partial charge in [0.1, 0.15) is 0 Å². The summed E-state index contributed by atoms with van der Waals surface area (Å²) in [6.45, 7) is 2.24. The third kappa shape index (κ3) is 4.55. The molecule has 4 N–H and O–H groups in total. The molecule has 21 heavy (non-hydrogen) atoms. The highest BCUT2D eigenvalue weighted by Gasteiger charge is 2.08. The summed E-state index contributed by atoms with van der Waals surface area (Å²) in [5.74, 6) is 1.35. The molecule has 1 aromatic carbocycles. The van der Waals surface area contributed by atoms with Crippen LogP contribution in [-0.2, 0) is 11.3 Å². The standard InChI is InChI=1S/C14H20N4O3/c1-20-12-7-10(3-4-11(12)21-9-13(15)19)8-18-14-16-5-2-6-17-14/h3-4,7H,2,5-6,8-9H2,1H3,(H2,15,19)(H2,16,17,18). The molecule has 0 saturated heterocycles. The van der Waals surface area contributed by atoms with E-state index in [-0.39, 0.29) is 6.61 Å². The number of hydrogen-bond acceptors (Lipinski definition) is 6. The van der Waals surface area contributed by atoms with Crippen LogP contribution in [0.25, 0.3) is 0 Å². The summed E-state index contributed by atoms with van der Waals surface area (Å²) in [5.41, 5.74) is 6.08. The van der Waals surface area contributed by atoms with Gasteiger partial charge >= 0.3 is 0 Å². The third-order valence-corrected chi connectivity index (χ3v) is 2.96. The quantitative estimate of drug-likeness (QED) is 0.685. The molecule has 1 aliphatic heterocycles. The fourth-order valence-electron chi connectivity index (χ4n) is 1.93. The summed E-state index contributed by atoms with van der Waals surface area (Å²) >= 11 is 0. The highest BCUT2D eigenvalue weighted by molar-refractivity contribution is 5.80. The van der Waals surface area contributed by atoms with Gasteiger partial charge in [0, 0.05) is 19.6 Å². The van der Waals surface area contributed by atoms with E-state index < -0.39 is 5.91 Å². The Bertz CT molecular complexity index is 531. The van der Waals surface area contributed by atoms with Gasteiger partial charge in [0.15, 0.2) is 24.1 Å². The van der Waals surface area contributed by atoms with Gasteiger partial charge in [0.25, 0.3) is 5.91 Å². The monoisotopic (exact) mass is 292 g/mol. The number of methoxy groups -OCH3 is 1. The number of nitrogens with one attached hydrogen (secondary N) is 2. The number of guanidine groups is 1. The van der Waals surface area contributed by atoms with Crippen molar-refractivity contribution in [3.05, 3.63) is 23.8 Å². The van der Waals surface area contributed by atoms with E-state index in [4.69, 9.17) is 15.2 Å². The number of primary amides is 1. The number of carbonyl (C=O) groups is 1. The first-order valence-electron chi connectivity index (χ1n) is 6.79. The van der Waals surface area contributed by atoms with Crippen LogP contribution in [0.1, 0.15) is 12.0 Å². The molecule has 0 spiro atoms. The van der Waals surface area contributed by atoms with Crippen LogP contribution in [0.4, 0.5) is 0 Å². The first-order valence-corrected chi connectivity index (χ1v) is 6.79. The molecule has 0 atom stereocenters. The second kappa shape index (κ2) is 7.37. The molecule has 0 bridgehead atoms. The second-order valence-corrected chi connectivity index (χ2v) is 4.60. The molecule has 0 fully saturated rings. The molecule has 1 aliphatic rings. The predicted octanol–water partition coefficient (Wildman–Crippen LogP) is -0.00180. The molecule has 0 radical (unpaired) electrons. The van der Waals surface area contributed by atoms with E-state index in [1.165, 1.54) is 0 Å². The van der Waals surface area contributed by atoms with Gasteiger partial charge in [-0.2, -0.15) is 0 Å². The average Bonchev–Trinajstić information content (AvgIpc) is 2.52. The third-order valence-electron chi connectivity index (χ3n) is 2.96. The number of hydrogen-bond donors (Lipinski definition) is 3. The predicted molar refractivity (Wildman–Crippen MR) is 79.4 cm³/mol. The number of rotatable bonds is 6. The molecule has 0 aromatic heterocycles. The molecule has 0 saturated carbocycles. The van der Waals surface area contributed by atoms with Crippen molar-refractivity contribution in [1.82, 2.24) is 10.6 Å². The Balaban J connectivity index is 1.97. The normalized spacial score (nSPS) is 13.9. The fraction of sp³-hybridized carbons (Fsp3) is 0.429. The van der Waals surface area contributed by atoms with Gasteiger partial charge in [-0.25, -0.2) is 0 Å². The SMILES string of the molecule is COc1cc(CNC2=NCCCN2)ccc1OCC(N)=O. The molecular formula is C14H20N4O3. The molecule has 114 valence electrons. The average molecular weight is 292 g/mol. The zero-order valence-corrected chi connectivity index (χ0v) is 12.0. The van der Waals surface area contributed by atoms with Crippen molar-refractivity contribution in [1.29, 1.82) is 0 Å². The van der Waals surface area contributed by atoms with Crippen LogP contribution in [0.15, 0.2) is 23.2 Å². The Kier molecular flexibility index (Phi) is 5.25. The van der Waals surface area contributed by atoms with Crippen LogP contribution in [0.3, 0.4) is 0 Å². The van der Waals surface area contributed by atoms with E-state index in [0.29, 0.717) is 18.0 Å². The summed E-state index contributed by atoms with van der Waals surface area (Å²) in [5, 5.41) is 6.42. The fourth-order valence-corrected chi connectivity index (χ4v) is 1.93. The molecule has 1 heterocycles. The maximum Gasteiger partial charge on any atom is 0.255 e. The van der Waals surface area contributed by atoms with Crippen LogP contribution >= 0.6 is 0 Å². The lowest BCUT2D eigenvalue weighted by molar-refractivity contribution is -0.119. The Labute approximate surface area is 123 Å². The first kappa shape index (κ1) is 15.0. The smallest absolute Gasteiger partial charge is 0.255 e. The van der Waals surface area contributed by atoms with Gasteiger partial charge in [0.05, 0.1) is 7.11 Å². The minimum Gasteiger partial charge on any atom is -0.493 e. The lowest BCUT2D eigenvalue weighted by Gasteiger charge is -2.16. The number of ether oxygens (including phenoxy) is 2. The molecular weight excluding hydrogens is 272 g/mol. The first-order chi connectivity index (χ1) is 10.2. The molecule has 0 aliphatic carbocycles. The molecule has 1 amide bonds. The molecule has 7 nitrogen and oxygen atoms in total. The lowest BCUT2D eigenvalue weighted by atomic mass is 10.2. The molecule has 1 aromatic rings. The highest BCUT2D eigenvalue weighted by atomic mass is 16.5. The van der Waals surface area contributed by atoms with E-state index in [1.807, 2.05) is 12.1 Å². The summed E-state index contributed by atoms with van der Waals surface area (Å²) in [6, 6.07) is 5.51. The van der Waals surface area contributed by atoms with E-state index in [2.05, 4.69) is 15.6 Å². The Morgan fingerprint density at radius 1 is 1.48 bits per heavy atom. The van der Waals surface area contributed by atoms with Crippen molar-refractivity contribution < 1.29 is 14.3 Å². The summed E-state index contributed by atoms with van der Waals surface area (Å²) in [6.07, 6.45) is 1.06. The number of nitrogens with zero attached hydrogens (tertiary/aromatic N) is 1. The van der Waals surface area contributed by atoms with Crippen molar-refractivity contribution >= 4 is 11.9 Å². The summed E-state index contributed by atoms with van der Waals surface area (Å²) < 4.78 is 10.5. The van der Waals surface area contributed by atoms with E-state index in [0.717, 1.165) is 31.0 Å². The highest BCUT2D eigenvalue weighted by Crippen LogP contribution is 2.27. The van der Waals surface area contributed by atoms with Crippen molar-refractivity contribution in [2.45, 2.75) is 13.0 Å². The van der Waals surface area contributed by atoms with Crippen LogP contribution in [0, 0.1) is 0 Å². The largest absolute Gasteiger partial charge is 0.493 e. The number of carbonyl (C=O) groups excluding carboxylic acids is 1. The topological polar surface area (TPSA) is 98.0 Å². The Morgan fingerprint density at radius 2 is 2.33 bits per heavy atom. The van der Waals surface area contributed by atoms with Crippen LogP contribution < -0.4 is 25.8 Å². The van der Waals surface area contributed by atoms with Gasteiger partial charge in [0.2, 0.25) is 0 Å². The van der Waals surface area contributed by atoms with Crippen molar-refractivity contribution in [3.63, 3.8) is 0 Å². The van der Waals surface area contributed by atoms with Gasteiger partial charge in [-0.15, -0.1) is 0 Å². The summed E-state index contributed by atoms with van der Waals surface area (Å²) in [4.78, 5) is 15.1. The van der Waals surface area contributed by atoms with Gasteiger partial charge in [-0.3, -0.25) is 9.79 Å². The molecule has 2 rings (SSSR count). The van der Waals surface area contributed by atoms with E-state index in [1.54, 1.807) is 13.2 Å². The number of benzene rings is 1. The number of aliphatic imine (C=N–C) groups is 1. The Morgan fingerprint density at radius 3 is 3.00 bits per heavy atom. The van der Waals surface area contributed by atoms with Gasteiger partial charge in [-0.05, 0) is 24.1 Å². The molecule has 7 heteroatoms. The van der Waals surface area contributed by atoms with Crippen molar-refractivity contribution in [3.8, 4) is 11.5 Å². The van der Waals surface area contributed by atoms with Crippen LogP contribution in [0.5, 0.6) is 11.5 Å². The molecule has 0 unspecified atom stereocenters. The lowest BCUT2D eigenvalue weighted by Crippen LogP contribution is -2.40. The maximum atomic E-state index is 10.7. The minimum absolute atomic E-state index is 0.172. The maximum absolute atomic E-state index is 10.7. The zero-order valence-electron chi connectivity index (χ0n) is 12.0. The van der Waals surface area contributed by atoms with Crippen molar-refractivity contribution in [2.24, 2.45) is 10.7 Å². The van der Waals surface area contributed by atoms with Gasteiger partial charge in [-0.1, -0.05) is 6.07 Å². The van der Waals surface area contributed by atoms with Gasteiger partial charge < -0.3 is 25.8 Å². The zero-order chi connectivity index (χ0) is 15.1.